The summed E-state index contributed by atoms with van der Waals surface area (Å²) in [4.78, 5) is 14.5. The first-order valence-electron chi connectivity index (χ1n) is 8.23. The molecule has 3 heteroatoms. The number of fused-ring (bicyclic) bond motifs is 1. The number of ether oxygens (including phenoxy) is 1. The van der Waals surface area contributed by atoms with Crippen molar-refractivity contribution in [3.63, 3.8) is 0 Å². The molecule has 0 fully saturated rings. The third kappa shape index (κ3) is 3.55. The van der Waals surface area contributed by atoms with Crippen LogP contribution in [0.15, 0.2) is 42.5 Å². The van der Waals surface area contributed by atoms with Gasteiger partial charge in [0.15, 0.2) is 0 Å². The molecular weight excluding hydrogens is 286 g/mol. The van der Waals surface area contributed by atoms with E-state index in [1.54, 1.807) is 0 Å². The maximum atomic E-state index is 12.5. The van der Waals surface area contributed by atoms with Crippen LogP contribution >= 0.6 is 0 Å². The highest BCUT2D eigenvalue weighted by Gasteiger charge is 2.21. The van der Waals surface area contributed by atoms with Crippen molar-refractivity contribution in [2.75, 3.05) is 18.1 Å². The Hall–Kier alpha value is -2.29. The second kappa shape index (κ2) is 6.86. The number of carbonyl (C=O) groups is 1. The Kier molecular flexibility index (Phi) is 4.65. The average molecular weight is 309 g/mol. The zero-order chi connectivity index (χ0) is 16.2. The van der Waals surface area contributed by atoms with Gasteiger partial charge in [0, 0.05) is 12.2 Å². The van der Waals surface area contributed by atoms with Crippen LogP contribution in [0.1, 0.15) is 29.5 Å². The fourth-order valence-corrected chi connectivity index (χ4v) is 3.04. The molecule has 23 heavy (non-hydrogen) atoms. The van der Waals surface area contributed by atoms with Crippen LogP contribution in [-0.2, 0) is 11.2 Å². The van der Waals surface area contributed by atoms with Crippen molar-refractivity contribution in [2.24, 2.45) is 0 Å². The van der Waals surface area contributed by atoms with Crippen LogP contribution in [0, 0.1) is 13.8 Å². The highest BCUT2D eigenvalue weighted by atomic mass is 16.5. The topological polar surface area (TPSA) is 29.5 Å². The molecule has 2 aromatic rings. The first-order valence-corrected chi connectivity index (χ1v) is 8.23. The highest BCUT2D eigenvalue weighted by molar-refractivity contribution is 5.94. The Bertz CT molecular complexity index is 709. The first kappa shape index (κ1) is 15.6. The van der Waals surface area contributed by atoms with Gasteiger partial charge in [-0.3, -0.25) is 4.79 Å². The van der Waals surface area contributed by atoms with Gasteiger partial charge in [-0.05, 0) is 55.5 Å². The summed E-state index contributed by atoms with van der Waals surface area (Å²) in [6.45, 7) is 5.29. The van der Waals surface area contributed by atoms with E-state index < -0.39 is 0 Å². The molecule has 0 aliphatic carbocycles. The van der Waals surface area contributed by atoms with Crippen molar-refractivity contribution in [1.29, 1.82) is 0 Å². The van der Waals surface area contributed by atoms with Crippen LogP contribution in [-0.4, -0.2) is 19.1 Å². The summed E-state index contributed by atoms with van der Waals surface area (Å²) >= 11 is 0. The van der Waals surface area contributed by atoms with Crippen molar-refractivity contribution in [3.05, 3.63) is 59.2 Å². The predicted octanol–water partition coefficient (Wildman–Crippen LogP) is 4.05. The summed E-state index contributed by atoms with van der Waals surface area (Å²) in [6, 6.07) is 14.3. The molecule has 0 saturated heterocycles. The number of nitrogens with zero attached hydrogens (tertiary/aromatic N) is 1. The average Bonchev–Trinajstić information content (AvgIpc) is 2.57. The van der Waals surface area contributed by atoms with Gasteiger partial charge in [0.25, 0.3) is 0 Å². The first-order chi connectivity index (χ1) is 11.1. The minimum atomic E-state index is 0.141. The number of rotatable bonds is 4. The molecule has 0 aromatic heterocycles. The number of hydrogen-bond donors (Lipinski definition) is 0. The third-order valence-electron chi connectivity index (χ3n) is 4.33. The minimum Gasteiger partial charge on any atom is -0.493 e. The summed E-state index contributed by atoms with van der Waals surface area (Å²) in [5.41, 5.74) is 4.60. The molecular formula is C20H23NO2. The Labute approximate surface area is 137 Å². The van der Waals surface area contributed by atoms with Gasteiger partial charge < -0.3 is 9.64 Å². The van der Waals surface area contributed by atoms with E-state index in [-0.39, 0.29) is 5.91 Å². The van der Waals surface area contributed by atoms with Crippen LogP contribution in [0.3, 0.4) is 0 Å². The van der Waals surface area contributed by atoms with Crippen LogP contribution in [0.25, 0.3) is 0 Å². The maximum absolute atomic E-state index is 12.5. The molecule has 1 amide bonds. The Balaban J connectivity index is 1.61. The molecule has 0 radical (unpaired) electrons. The summed E-state index contributed by atoms with van der Waals surface area (Å²) in [5.74, 6) is 1.01. The number of benzene rings is 2. The van der Waals surface area contributed by atoms with Gasteiger partial charge in [0.1, 0.15) is 5.75 Å². The molecule has 120 valence electrons. The molecule has 2 aromatic carbocycles. The molecule has 0 spiro atoms. The lowest BCUT2D eigenvalue weighted by Gasteiger charge is -2.29. The van der Waals surface area contributed by atoms with Crippen LogP contribution in [0.5, 0.6) is 5.75 Å². The summed E-state index contributed by atoms with van der Waals surface area (Å²) < 4.78 is 5.82. The fraction of sp³-hybridized carbons (Fsp3) is 0.350. The lowest BCUT2D eigenvalue weighted by molar-refractivity contribution is -0.119. The molecule has 0 N–H and O–H groups in total. The Morgan fingerprint density at radius 2 is 2.00 bits per heavy atom. The molecule has 0 atom stereocenters. The van der Waals surface area contributed by atoms with Crippen LogP contribution in [0.4, 0.5) is 5.69 Å². The monoisotopic (exact) mass is 309 g/mol. The van der Waals surface area contributed by atoms with Gasteiger partial charge in [-0.15, -0.1) is 0 Å². The summed E-state index contributed by atoms with van der Waals surface area (Å²) in [5, 5.41) is 0. The van der Waals surface area contributed by atoms with E-state index in [1.807, 2.05) is 49.1 Å². The zero-order valence-corrected chi connectivity index (χ0v) is 13.8. The molecule has 3 nitrogen and oxygen atoms in total. The van der Waals surface area contributed by atoms with Gasteiger partial charge >= 0.3 is 0 Å². The zero-order valence-electron chi connectivity index (χ0n) is 13.8. The van der Waals surface area contributed by atoms with Crippen molar-refractivity contribution in [3.8, 4) is 5.75 Å². The number of hydrogen-bond acceptors (Lipinski definition) is 2. The van der Waals surface area contributed by atoms with E-state index in [0.29, 0.717) is 13.0 Å². The predicted molar refractivity (Wildman–Crippen MR) is 93.1 cm³/mol. The van der Waals surface area contributed by atoms with E-state index in [9.17, 15) is 4.79 Å². The Morgan fingerprint density at radius 1 is 1.17 bits per heavy atom. The number of para-hydroxylation sites is 1. The van der Waals surface area contributed by atoms with E-state index in [0.717, 1.165) is 36.4 Å². The molecule has 0 unspecified atom stereocenters. The smallest absolute Gasteiger partial charge is 0.230 e. The molecule has 1 aliphatic heterocycles. The second-order valence-corrected chi connectivity index (χ2v) is 6.15. The third-order valence-corrected chi connectivity index (χ3v) is 4.33. The van der Waals surface area contributed by atoms with E-state index in [2.05, 4.69) is 12.1 Å². The molecule has 0 saturated carbocycles. The van der Waals surface area contributed by atoms with Crippen molar-refractivity contribution in [1.82, 2.24) is 0 Å². The van der Waals surface area contributed by atoms with Crippen LogP contribution < -0.4 is 9.64 Å². The van der Waals surface area contributed by atoms with Gasteiger partial charge in [-0.25, -0.2) is 0 Å². The highest BCUT2D eigenvalue weighted by Crippen LogP contribution is 2.27. The molecule has 0 bridgehead atoms. The number of carbonyl (C=O) groups excluding carboxylic acids is 1. The largest absolute Gasteiger partial charge is 0.493 e. The maximum Gasteiger partial charge on any atom is 0.230 e. The van der Waals surface area contributed by atoms with Crippen molar-refractivity contribution < 1.29 is 9.53 Å². The SMILES string of the molecule is Cc1ccc(C)c(OCCC(=O)N2CCCc3ccccc32)c1. The standard InChI is InChI=1S/C20H23NO2/c1-15-9-10-16(2)19(14-15)23-13-11-20(22)21-12-5-7-17-6-3-4-8-18(17)21/h3-4,6,8-10,14H,5,7,11-13H2,1-2H3. The van der Waals surface area contributed by atoms with Gasteiger partial charge in [-0.1, -0.05) is 30.3 Å². The normalized spacial score (nSPS) is 13.6. The number of anilines is 1. The lowest BCUT2D eigenvalue weighted by Crippen LogP contribution is -2.36. The molecule has 1 aliphatic rings. The second-order valence-electron chi connectivity index (χ2n) is 6.15. The Morgan fingerprint density at radius 3 is 2.87 bits per heavy atom. The van der Waals surface area contributed by atoms with Gasteiger partial charge in [0.2, 0.25) is 5.91 Å². The van der Waals surface area contributed by atoms with Gasteiger partial charge in [0.05, 0.1) is 13.0 Å². The number of aryl methyl sites for hydroxylation is 3. The minimum absolute atomic E-state index is 0.141. The van der Waals surface area contributed by atoms with Crippen molar-refractivity contribution >= 4 is 11.6 Å². The van der Waals surface area contributed by atoms with Crippen molar-refractivity contribution in [2.45, 2.75) is 33.1 Å². The fourth-order valence-electron chi connectivity index (χ4n) is 3.04. The summed E-state index contributed by atoms with van der Waals surface area (Å²) in [6.07, 6.45) is 2.49. The lowest BCUT2D eigenvalue weighted by atomic mass is 10.0. The summed E-state index contributed by atoms with van der Waals surface area (Å²) in [7, 11) is 0. The number of amides is 1. The van der Waals surface area contributed by atoms with Gasteiger partial charge in [-0.2, -0.15) is 0 Å². The van der Waals surface area contributed by atoms with E-state index in [4.69, 9.17) is 4.74 Å². The van der Waals surface area contributed by atoms with E-state index >= 15 is 0 Å². The van der Waals surface area contributed by atoms with E-state index in [1.165, 1.54) is 11.1 Å². The molecule has 1 heterocycles. The van der Waals surface area contributed by atoms with Crippen LogP contribution in [0.2, 0.25) is 0 Å². The quantitative estimate of drug-likeness (QED) is 0.852. The molecule has 3 rings (SSSR count).